The summed E-state index contributed by atoms with van der Waals surface area (Å²) in [6.07, 6.45) is 0.511. The fraction of sp³-hybridized carbons (Fsp3) is 0.417. The van der Waals surface area contributed by atoms with Gasteiger partial charge in [0.2, 0.25) is 0 Å². The molecular formula is C12H17NO2. The van der Waals surface area contributed by atoms with Gasteiger partial charge in [0.05, 0.1) is 0 Å². The van der Waals surface area contributed by atoms with Crippen molar-refractivity contribution in [3.8, 4) is 5.75 Å². The number of rotatable bonds is 4. The zero-order valence-electron chi connectivity index (χ0n) is 9.45. The van der Waals surface area contributed by atoms with E-state index in [9.17, 15) is 9.90 Å². The third-order valence-corrected chi connectivity index (χ3v) is 2.30. The van der Waals surface area contributed by atoms with E-state index in [2.05, 4.69) is 0 Å². The largest absolute Gasteiger partial charge is 0.508 e. The minimum absolute atomic E-state index is 0.117. The number of hydrogen-bond donors (Lipinski definition) is 1. The summed E-state index contributed by atoms with van der Waals surface area (Å²) >= 11 is 0. The molecule has 0 aliphatic carbocycles. The van der Waals surface area contributed by atoms with Crippen molar-refractivity contribution in [2.24, 2.45) is 0 Å². The topological polar surface area (TPSA) is 40.5 Å². The number of aromatic hydroxyl groups is 1. The predicted molar refractivity (Wildman–Crippen MR) is 60.3 cm³/mol. The van der Waals surface area contributed by atoms with Crippen molar-refractivity contribution in [2.75, 3.05) is 20.6 Å². The van der Waals surface area contributed by atoms with Crippen LogP contribution in [0.15, 0.2) is 18.2 Å². The second-order valence-corrected chi connectivity index (χ2v) is 3.98. The molecule has 0 amide bonds. The van der Waals surface area contributed by atoms with Crippen LogP contribution in [0.5, 0.6) is 5.75 Å². The maximum absolute atomic E-state index is 11.7. The van der Waals surface area contributed by atoms with Gasteiger partial charge in [-0.2, -0.15) is 0 Å². The van der Waals surface area contributed by atoms with Crippen LogP contribution in [0.4, 0.5) is 0 Å². The normalized spacial score (nSPS) is 10.7. The average molecular weight is 207 g/mol. The van der Waals surface area contributed by atoms with Gasteiger partial charge in [-0.1, -0.05) is 0 Å². The SMILES string of the molecule is Cc1cc(C(=O)CCN(C)C)ccc1O. The Bertz CT molecular complexity index is 359. The van der Waals surface area contributed by atoms with Gasteiger partial charge in [-0.15, -0.1) is 0 Å². The van der Waals surface area contributed by atoms with Crippen LogP contribution in [-0.2, 0) is 0 Å². The van der Waals surface area contributed by atoms with Crippen LogP contribution >= 0.6 is 0 Å². The molecular weight excluding hydrogens is 190 g/mol. The highest BCUT2D eigenvalue weighted by Crippen LogP contribution is 2.17. The molecule has 0 fully saturated rings. The Morgan fingerprint density at radius 2 is 2.07 bits per heavy atom. The molecule has 3 heteroatoms. The molecule has 0 aliphatic rings. The van der Waals surface area contributed by atoms with E-state index < -0.39 is 0 Å². The van der Waals surface area contributed by atoms with Crippen molar-refractivity contribution in [3.05, 3.63) is 29.3 Å². The third-order valence-electron chi connectivity index (χ3n) is 2.30. The molecule has 3 nitrogen and oxygen atoms in total. The van der Waals surface area contributed by atoms with Crippen LogP contribution in [0.3, 0.4) is 0 Å². The Morgan fingerprint density at radius 3 is 2.60 bits per heavy atom. The predicted octanol–water partition coefficient (Wildman–Crippen LogP) is 1.84. The number of phenolic OH excluding ortho intramolecular Hbond substituents is 1. The molecule has 1 rings (SSSR count). The smallest absolute Gasteiger partial charge is 0.164 e. The van der Waals surface area contributed by atoms with Crippen LogP contribution in [0.2, 0.25) is 0 Å². The summed E-state index contributed by atoms with van der Waals surface area (Å²) in [7, 11) is 3.88. The summed E-state index contributed by atoms with van der Waals surface area (Å²) < 4.78 is 0. The van der Waals surface area contributed by atoms with Crippen LogP contribution < -0.4 is 0 Å². The summed E-state index contributed by atoms with van der Waals surface area (Å²) in [5, 5.41) is 9.32. The first-order valence-electron chi connectivity index (χ1n) is 4.98. The summed E-state index contributed by atoms with van der Waals surface area (Å²) in [5.74, 6) is 0.353. The molecule has 0 unspecified atom stereocenters. The van der Waals surface area contributed by atoms with Crippen LogP contribution in [0.1, 0.15) is 22.3 Å². The van der Waals surface area contributed by atoms with E-state index >= 15 is 0 Å². The number of ketones is 1. The number of aryl methyl sites for hydroxylation is 1. The first-order chi connectivity index (χ1) is 7.00. The van der Waals surface area contributed by atoms with Crippen LogP contribution in [-0.4, -0.2) is 36.4 Å². The van der Waals surface area contributed by atoms with E-state index in [0.29, 0.717) is 12.0 Å². The monoisotopic (exact) mass is 207 g/mol. The van der Waals surface area contributed by atoms with Gasteiger partial charge in [-0.3, -0.25) is 4.79 Å². The number of Topliss-reactive ketones (excluding diaryl/α,β-unsaturated/α-hetero) is 1. The van der Waals surface area contributed by atoms with Crippen molar-refractivity contribution in [3.63, 3.8) is 0 Å². The average Bonchev–Trinajstić information content (AvgIpc) is 2.18. The lowest BCUT2D eigenvalue weighted by Gasteiger charge is -2.08. The molecule has 1 N–H and O–H groups in total. The van der Waals surface area contributed by atoms with Gasteiger partial charge in [-0.05, 0) is 44.8 Å². The Morgan fingerprint density at radius 1 is 1.40 bits per heavy atom. The summed E-state index contributed by atoms with van der Waals surface area (Å²) in [4.78, 5) is 13.7. The van der Waals surface area contributed by atoms with Crippen molar-refractivity contribution in [2.45, 2.75) is 13.3 Å². The molecule has 0 spiro atoms. The van der Waals surface area contributed by atoms with E-state index in [1.54, 1.807) is 25.1 Å². The van der Waals surface area contributed by atoms with Crippen molar-refractivity contribution >= 4 is 5.78 Å². The summed E-state index contributed by atoms with van der Waals surface area (Å²) in [5.41, 5.74) is 1.41. The van der Waals surface area contributed by atoms with Gasteiger partial charge in [0, 0.05) is 18.5 Å². The minimum Gasteiger partial charge on any atom is -0.508 e. The molecule has 0 saturated carbocycles. The Hall–Kier alpha value is -1.35. The Kier molecular flexibility index (Phi) is 3.86. The zero-order chi connectivity index (χ0) is 11.4. The highest BCUT2D eigenvalue weighted by atomic mass is 16.3. The lowest BCUT2D eigenvalue weighted by Crippen LogP contribution is -2.16. The standard InChI is InChI=1S/C12H17NO2/c1-9-8-10(4-5-11(9)14)12(15)6-7-13(2)3/h4-5,8,14H,6-7H2,1-3H3. The molecule has 0 aliphatic heterocycles. The number of carbonyl (C=O) groups is 1. The number of phenols is 1. The molecule has 82 valence electrons. The van der Waals surface area contributed by atoms with Gasteiger partial charge in [0.1, 0.15) is 5.75 Å². The number of hydrogen-bond acceptors (Lipinski definition) is 3. The van der Waals surface area contributed by atoms with E-state index in [-0.39, 0.29) is 11.5 Å². The highest BCUT2D eigenvalue weighted by molar-refractivity contribution is 5.96. The fourth-order valence-electron chi connectivity index (χ4n) is 1.30. The van der Waals surface area contributed by atoms with Crippen molar-refractivity contribution in [1.82, 2.24) is 4.90 Å². The Balaban J connectivity index is 2.70. The lowest BCUT2D eigenvalue weighted by atomic mass is 10.1. The molecule has 1 aromatic carbocycles. The lowest BCUT2D eigenvalue weighted by molar-refractivity contribution is 0.0972. The summed E-state index contributed by atoms with van der Waals surface area (Å²) in [6.45, 7) is 2.54. The highest BCUT2D eigenvalue weighted by Gasteiger charge is 2.07. The first-order valence-corrected chi connectivity index (χ1v) is 4.98. The van der Waals surface area contributed by atoms with Crippen LogP contribution in [0, 0.1) is 6.92 Å². The summed E-state index contributed by atoms with van der Waals surface area (Å²) in [6, 6.07) is 4.96. The molecule has 15 heavy (non-hydrogen) atoms. The molecule has 0 aromatic heterocycles. The van der Waals surface area contributed by atoms with Gasteiger partial charge in [0.25, 0.3) is 0 Å². The second kappa shape index (κ2) is 4.94. The van der Waals surface area contributed by atoms with Gasteiger partial charge in [-0.25, -0.2) is 0 Å². The van der Waals surface area contributed by atoms with E-state index in [1.165, 1.54) is 0 Å². The van der Waals surface area contributed by atoms with Gasteiger partial charge in [0.15, 0.2) is 5.78 Å². The second-order valence-electron chi connectivity index (χ2n) is 3.98. The van der Waals surface area contributed by atoms with Gasteiger partial charge < -0.3 is 10.0 Å². The third kappa shape index (κ3) is 3.36. The molecule has 0 bridgehead atoms. The molecule has 0 saturated heterocycles. The van der Waals surface area contributed by atoms with Crippen molar-refractivity contribution < 1.29 is 9.90 Å². The molecule has 0 heterocycles. The minimum atomic E-state index is 0.117. The first kappa shape index (κ1) is 11.7. The maximum Gasteiger partial charge on any atom is 0.164 e. The van der Waals surface area contributed by atoms with Crippen LogP contribution in [0.25, 0.3) is 0 Å². The number of benzene rings is 1. The molecule has 0 atom stereocenters. The van der Waals surface area contributed by atoms with E-state index in [0.717, 1.165) is 12.1 Å². The van der Waals surface area contributed by atoms with Crippen molar-refractivity contribution in [1.29, 1.82) is 0 Å². The Labute approximate surface area is 90.3 Å². The number of nitrogens with zero attached hydrogens (tertiary/aromatic N) is 1. The molecule has 0 radical (unpaired) electrons. The van der Waals surface area contributed by atoms with E-state index in [4.69, 9.17) is 0 Å². The van der Waals surface area contributed by atoms with E-state index in [1.807, 2.05) is 19.0 Å². The molecule has 1 aromatic rings. The zero-order valence-corrected chi connectivity index (χ0v) is 9.45. The number of carbonyl (C=O) groups excluding carboxylic acids is 1. The fourth-order valence-corrected chi connectivity index (χ4v) is 1.30. The maximum atomic E-state index is 11.7. The quantitative estimate of drug-likeness (QED) is 0.766. The van der Waals surface area contributed by atoms with Gasteiger partial charge >= 0.3 is 0 Å².